The zero-order valence-corrected chi connectivity index (χ0v) is 7.64. The van der Waals surface area contributed by atoms with Gasteiger partial charge in [0.05, 0.1) is 0 Å². The quantitative estimate of drug-likeness (QED) is 0.526. The molecule has 1 aromatic carbocycles. The first-order valence-corrected chi connectivity index (χ1v) is 5.03. The molecule has 0 N–H and O–H groups in total. The van der Waals surface area contributed by atoms with Crippen molar-refractivity contribution < 1.29 is 9.35 Å². The third kappa shape index (κ3) is 2.09. The number of carbonyl (C=O) groups is 1. The van der Waals surface area contributed by atoms with Gasteiger partial charge in [0, 0.05) is 5.56 Å². The molecule has 0 aliphatic rings. The van der Waals surface area contributed by atoms with Gasteiger partial charge in [-0.1, -0.05) is 0 Å². The van der Waals surface area contributed by atoms with Crippen molar-refractivity contribution in [1.82, 2.24) is 0 Å². The van der Waals surface area contributed by atoms with Crippen LogP contribution in [-0.4, -0.2) is 16.6 Å². The largest absolute Gasteiger partial charge is 0.611 e. The summed E-state index contributed by atoms with van der Waals surface area (Å²) in [5.74, 6) is 0.612. The Morgan fingerprint density at radius 3 is 2.42 bits per heavy atom. The van der Waals surface area contributed by atoms with Crippen molar-refractivity contribution in [2.24, 2.45) is 0 Å². The third-order valence-electron chi connectivity index (χ3n) is 1.54. The van der Waals surface area contributed by atoms with E-state index in [9.17, 15) is 9.35 Å². The average molecular weight is 182 g/mol. The predicted molar refractivity (Wildman–Crippen MR) is 48.8 cm³/mol. The Morgan fingerprint density at radius 1 is 1.42 bits per heavy atom. The fraction of sp³-hybridized carbons (Fsp3) is 0.222. The fourth-order valence-corrected chi connectivity index (χ4v) is 1.64. The van der Waals surface area contributed by atoms with Gasteiger partial charge in [-0.05, 0) is 42.4 Å². The summed E-state index contributed by atoms with van der Waals surface area (Å²) in [5, 5.41) is 0. The van der Waals surface area contributed by atoms with E-state index in [2.05, 4.69) is 0 Å². The molecular weight excluding hydrogens is 172 g/mol. The molecular formula is C9H10O2S. The van der Waals surface area contributed by atoms with Crippen LogP contribution in [-0.2, 0) is 11.2 Å². The summed E-state index contributed by atoms with van der Waals surface area (Å²) >= 11 is -0.917. The van der Waals surface area contributed by atoms with Crippen LogP contribution >= 0.6 is 0 Å². The molecule has 1 rings (SSSR count). The predicted octanol–water partition coefficient (Wildman–Crippen LogP) is 1.63. The molecule has 64 valence electrons. The molecule has 0 amide bonds. The number of hydrogen-bond acceptors (Lipinski definition) is 2. The minimum absolute atomic E-state index is 0.612. The number of benzene rings is 1. The first-order valence-electron chi connectivity index (χ1n) is 3.71. The summed E-state index contributed by atoms with van der Waals surface area (Å²) < 4.78 is 11.2. The van der Waals surface area contributed by atoms with Crippen molar-refractivity contribution >= 4 is 17.5 Å². The van der Waals surface area contributed by atoms with Gasteiger partial charge in [0.15, 0.2) is 4.90 Å². The molecule has 0 fully saturated rings. The van der Waals surface area contributed by atoms with Crippen LogP contribution in [0.1, 0.15) is 17.3 Å². The molecule has 1 aromatic rings. The van der Waals surface area contributed by atoms with Crippen LogP contribution in [0.3, 0.4) is 0 Å². The van der Waals surface area contributed by atoms with E-state index in [0.29, 0.717) is 11.3 Å². The number of rotatable bonds is 3. The lowest BCUT2D eigenvalue weighted by Crippen LogP contribution is -2.03. The smallest absolute Gasteiger partial charge is 0.152 e. The van der Waals surface area contributed by atoms with Crippen molar-refractivity contribution in [2.45, 2.75) is 11.8 Å². The summed E-state index contributed by atoms with van der Waals surface area (Å²) in [5.41, 5.74) is 0.617. The zero-order chi connectivity index (χ0) is 8.97. The maximum Gasteiger partial charge on any atom is 0.152 e. The summed E-state index contributed by atoms with van der Waals surface area (Å²) in [6.07, 6.45) is 0.776. The van der Waals surface area contributed by atoms with Gasteiger partial charge in [-0.25, -0.2) is 0 Å². The molecule has 1 unspecified atom stereocenters. The van der Waals surface area contributed by atoms with E-state index in [0.717, 1.165) is 11.2 Å². The highest BCUT2D eigenvalue weighted by Crippen LogP contribution is 2.10. The molecule has 0 saturated heterocycles. The van der Waals surface area contributed by atoms with Gasteiger partial charge in [0.25, 0.3) is 0 Å². The highest BCUT2D eigenvalue weighted by atomic mass is 32.2. The van der Waals surface area contributed by atoms with E-state index < -0.39 is 11.2 Å². The van der Waals surface area contributed by atoms with E-state index in [1.54, 1.807) is 24.3 Å². The standard InChI is InChI=1S/C9H10O2S/c1-2-12(11)9-5-3-8(7-10)4-6-9/h3-7H,2H2,1H3. The van der Waals surface area contributed by atoms with E-state index in [1.165, 1.54) is 0 Å². The van der Waals surface area contributed by atoms with Gasteiger partial charge in [0.2, 0.25) is 0 Å². The molecule has 0 aliphatic heterocycles. The normalized spacial score (nSPS) is 12.5. The van der Waals surface area contributed by atoms with Gasteiger partial charge in [0.1, 0.15) is 12.0 Å². The molecule has 3 heteroatoms. The highest BCUT2D eigenvalue weighted by molar-refractivity contribution is 7.91. The molecule has 0 heterocycles. The summed E-state index contributed by atoms with van der Waals surface area (Å²) in [7, 11) is 0. The van der Waals surface area contributed by atoms with Crippen molar-refractivity contribution in [3.8, 4) is 0 Å². The van der Waals surface area contributed by atoms with Crippen molar-refractivity contribution in [1.29, 1.82) is 0 Å². The molecule has 0 spiro atoms. The Labute approximate surface area is 74.8 Å². The van der Waals surface area contributed by atoms with Crippen LogP contribution in [0.2, 0.25) is 0 Å². The second-order valence-electron chi connectivity index (χ2n) is 2.32. The zero-order valence-electron chi connectivity index (χ0n) is 6.82. The third-order valence-corrected chi connectivity index (χ3v) is 2.86. The molecule has 2 nitrogen and oxygen atoms in total. The Kier molecular flexibility index (Phi) is 3.31. The topological polar surface area (TPSA) is 40.1 Å². The van der Waals surface area contributed by atoms with Gasteiger partial charge >= 0.3 is 0 Å². The lowest BCUT2D eigenvalue weighted by molar-refractivity contribution is 0.112. The van der Waals surface area contributed by atoms with E-state index in [4.69, 9.17) is 0 Å². The van der Waals surface area contributed by atoms with Crippen molar-refractivity contribution in [3.63, 3.8) is 0 Å². The van der Waals surface area contributed by atoms with Gasteiger partial charge in [-0.3, -0.25) is 4.79 Å². The van der Waals surface area contributed by atoms with E-state index in [1.807, 2.05) is 6.92 Å². The number of hydrogen-bond donors (Lipinski definition) is 0. The molecule has 0 radical (unpaired) electrons. The molecule has 0 bridgehead atoms. The van der Waals surface area contributed by atoms with Gasteiger partial charge < -0.3 is 4.55 Å². The van der Waals surface area contributed by atoms with Crippen LogP contribution < -0.4 is 0 Å². The summed E-state index contributed by atoms with van der Waals surface area (Å²) in [6, 6.07) is 6.80. The fourth-order valence-electron chi connectivity index (χ4n) is 0.865. The van der Waals surface area contributed by atoms with Gasteiger partial charge in [-0.15, -0.1) is 0 Å². The molecule has 0 aliphatic carbocycles. The van der Waals surface area contributed by atoms with Crippen LogP contribution in [0.4, 0.5) is 0 Å². The van der Waals surface area contributed by atoms with E-state index >= 15 is 0 Å². The SMILES string of the molecule is CC[S+]([O-])c1ccc(C=O)cc1. The monoisotopic (exact) mass is 182 g/mol. The highest BCUT2D eigenvalue weighted by Gasteiger charge is 2.05. The van der Waals surface area contributed by atoms with E-state index in [-0.39, 0.29) is 0 Å². The lowest BCUT2D eigenvalue weighted by Gasteiger charge is -2.06. The summed E-state index contributed by atoms with van der Waals surface area (Å²) in [4.78, 5) is 11.1. The van der Waals surface area contributed by atoms with Crippen LogP contribution in [0.15, 0.2) is 29.2 Å². The Balaban J connectivity index is 2.84. The first kappa shape index (κ1) is 9.29. The lowest BCUT2D eigenvalue weighted by atomic mass is 10.2. The molecule has 0 saturated carbocycles. The first-order chi connectivity index (χ1) is 5.77. The molecule has 12 heavy (non-hydrogen) atoms. The number of aldehydes is 1. The van der Waals surface area contributed by atoms with Crippen LogP contribution in [0, 0.1) is 0 Å². The van der Waals surface area contributed by atoms with Crippen molar-refractivity contribution in [3.05, 3.63) is 29.8 Å². The minimum atomic E-state index is -0.917. The molecule has 0 aromatic heterocycles. The molecule has 1 atom stereocenters. The Bertz CT molecular complexity index is 256. The van der Waals surface area contributed by atoms with Crippen LogP contribution in [0.5, 0.6) is 0 Å². The Morgan fingerprint density at radius 2 is 2.00 bits per heavy atom. The number of carbonyl (C=O) groups excluding carboxylic acids is 1. The maximum atomic E-state index is 11.2. The van der Waals surface area contributed by atoms with Crippen molar-refractivity contribution in [2.75, 3.05) is 5.75 Å². The minimum Gasteiger partial charge on any atom is -0.611 e. The Hall–Kier alpha value is -0.800. The van der Waals surface area contributed by atoms with Crippen LogP contribution in [0.25, 0.3) is 0 Å². The maximum absolute atomic E-state index is 11.2. The summed E-state index contributed by atoms with van der Waals surface area (Å²) in [6.45, 7) is 1.86. The second kappa shape index (κ2) is 4.28. The second-order valence-corrected chi connectivity index (χ2v) is 4.06. The van der Waals surface area contributed by atoms with Gasteiger partial charge in [-0.2, -0.15) is 0 Å². The average Bonchev–Trinajstić information content (AvgIpc) is 2.17.